The molecule has 118 valence electrons. The van der Waals surface area contributed by atoms with Crippen LogP contribution in [0.25, 0.3) is 0 Å². The summed E-state index contributed by atoms with van der Waals surface area (Å²) in [7, 11) is -1.62. The van der Waals surface area contributed by atoms with Gasteiger partial charge >= 0.3 is 0 Å². The van der Waals surface area contributed by atoms with Crippen molar-refractivity contribution in [2.24, 2.45) is 11.8 Å². The molecule has 1 N–H and O–H groups in total. The second kappa shape index (κ2) is 6.65. The zero-order chi connectivity index (χ0) is 15.6. The Bertz CT molecular complexity index is 594. The van der Waals surface area contributed by atoms with Gasteiger partial charge in [0.25, 0.3) is 0 Å². The SMILES string of the molecule is CNCc1ccc(S(=O)(=O)N2CC(C)CC(C)C2)cc1Cl. The zero-order valence-electron chi connectivity index (χ0n) is 12.8. The second-order valence-corrected chi connectivity index (χ2v) is 8.40. The summed E-state index contributed by atoms with van der Waals surface area (Å²) in [5.74, 6) is 0.783. The summed E-state index contributed by atoms with van der Waals surface area (Å²) in [5, 5.41) is 3.50. The van der Waals surface area contributed by atoms with Gasteiger partial charge in [-0.25, -0.2) is 8.42 Å². The quantitative estimate of drug-likeness (QED) is 0.923. The van der Waals surface area contributed by atoms with E-state index in [2.05, 4.69) is 19.2 Å². The Balaban J connectivity index is 2.29. The molecule has 1 aromatic rings. The van der Waals surface area contributed by atoms with Gasteiger partial charge in [0.05, 0.1) is 4.90 Å². The fraction of sp³-hybridized carbons (Fsp3) is 0.600. The van der Waals surface area contributed by atoms with E-state index in [0.29, 0.717) is 36.5 Å². The van der Waals surface area contributed by atoms with Crippen molar-refractivity contribution in [2.75, 3.05) is 20.1 Å². The maximum Gasteiger partial charge on any atom is 0.243 e. The van der Waals surface area contributed by atoms with E-state index >= 15 is 0 Å². The van der Waals surface area contributed by atoms with Crippen molar-refractivity contribution in [3.8, 4) is 0 Å². The second-order valence-electron chi connectivity index (χ2n) is 6.05. The van der Waals surface area contributed by atoms with Crippen molar-refractivity contribution >= 4 is 21.6 Å². The molecule has 0 amide bonds. The molecule has 1 aromatic carbocycles. The number of piperidine rings is 1. The van der Waals surface area contributed by atoms with Crippen molar-refractivity contribution < 1.29 is 8.42 Å². The van der Waals surface area contributed by atoms with Crippen LogP contribution in [0.4, 0.5) is 0 Å². The lowest BCUT2D eigenvalue weighted by Gasteiger charge is -2.34. The third-order valence-electron chi connectivity index (χ3n) is 3.86. The van der Waals surface area contributed by atoms with Crippen molar-refractivity contribution in [3.05, 3.63) is 28.8 Å². The number of hydrogen-bond acceptors (Lipinski definition) is 3. The highest BCUT2D eigenvalue weighted by molar-refractivity contribution is 7.89. The minimum atomic E-state index is -3.45. The molecule has 0 aliphatic carbocycles. The predicted octanol–water partition coefficient (Wildman–Crippen LogP) is 2.73. The molecule has 1 fully saturated rings. The van der Waals surface area contributed by atoms with Crippen LogP contribution in [0.2, 0.25) is 5.02 Å². The number of halogens is 1. The molecule has 1 heterocycles. The molecule has 0 radical (unpaired) electrons. The Morgan fingerprint density at radius 3 is 2.43 bits per heavy atom. The van der Waals surface area contributed by atoms with E-state index in [1.807, 2.05) is 7.05 Å². The number of benzene rings is 1. The average Bonchev–Trinajstić information content (AvgIpc) is 2.40. The van der Waals surface area contributed by atoms with Crippen LogP contribution in [-0.4, -0.2) is 32.9 Å². The summed E-state index contributed by atoms with van der Waals surface area (Å²) in [6, 6.07) is 4.99. The highest BCUT2D eigenvalue weighted by Gasteiger charge is 2.31. The molecule has 0 saturated carbocycles. The number of hydrogen-bond donors (Lipinski definition) is 1. The Morgan fingerprint density at radius 2 is 1.90 bits per heavy atom. The van der Waals surface area contributed by atoms with E-state index in [1.54, 1.807) is 22.5 Å². The third kappa shape index (κ3) is 3.77. The van der Waals surface area contributed by atoms with Gasteiger partial charge in [0.15, 0.2) is 0 Å². The fourth-order valence-corrected chi connectivity index (χ4v) is 4.99. The number of sulfonamides is 1. The average molecular weight is 331 g/mol. The summed E-state index contributed by atoms with van der Waals surface area (Å²) in [5.41, 5.74) is 0.901. The van der Waals surface area contributed by atoms with Crippen molar-refractivity contribution in [3.63, 3.8) is 0 Å². The highest BCUT2D eigenvalue weighted by Crippen LogP contribution is 2.28. The lowest BCUT2D eigenvalue weighted by molar-refractivity contribution is 0.222. The molecule has 2 rings (SSSR count). The zero-order valence-corrected chi connectivity index (χ0v) is 14.3. The van der Waals surface area contributed by atoms with Gasteiger partial charge in [-0.3, -0.25) is 0 Å². The minimum absolute atomic E-state index is 0.286. The molecule has 0 aromatic heterocycles. The molecule has 1 saturated heterocycles. The lowest BCUT2D eigenvalue weighted by atomic mass is 9.94. The summed E-state index contributed by atoms with van der Waals surface area (Å²) in [4.78, 5) is 0.286. The normalized spacial score (nSPS) is 24.2. The van der Waals surface area contributed by atoms with E-state index in [9.17, 15) is 8.42 Å². The lowest BCUT2D eigenvalue weighted by Crippen LogP contribution is -2.42. The Morgan fingerprint density at radius 1 is 1.29 bits per heavy atom. The van der Waals surface area contributed by atoms with Crippen molar-refractivity contribution in [2.45, 2.75) is 31.7 Å². The molecule has 2 atom stereocenters. The Kier molecular flexibility index (Phi) is 5.30. The largest absolute Gasteiger partial charge is 0.316 e. The van der Waals surface area contributed by atoms with E-state index in [1.165, 1.54) is 0 Å². The first-order valence-electron chi connectivity index (χ1n) is 7.27. The number of nitrogens with zero attached hydrogens (tertiary/aromatic N) is 1. The summed E-state index contributed by atoms with van der Waals surface area (Å²) < 4.78 is 27.1. The number of nitrogens with one attached hydrogen (secondary N) is 1. The maximum absolute atomic E-state index is 12.8. The molecule has 2 unspecified atom stereocenters. The van der Waals surface area contributed by atoms with Crippen LogP contribution in [0.3, 0.4) is 0 Å². The molecule has 6 heteroatoms. The summed E-state index contributed by atoms with van der Waals surface area (Å²) in [6.07, 6.45) is 1.08. The molecule has 0 spiro atoms. The van der Waals surface area contributed by atoms with Gasteiger partial charge in [0.2, 0.25) is 10.0 Å². The fourth-order valence-electron chi connectivity index (χ4n) is 2.97. The van der Waals surface area contributed by atoms with Crippen molar-refractivity contribution in [1.82, 2.24) is 9.62 Å². The van der Waals surface area contributed by atoms with Gasteiger partial charge in [-0.2, -0.15) is 4.31 Å². The molecular formula is C15H23ClN2O2S. The van der Waals surface area contributed by atoms with E-state index in [0.717, 1.165) is 12.0 Å². The van der Waals surface area contributed by atoms with Crippen LogP contribution >= 0.6 is 11.6 Å². The summed E-state index contributed by atoms with van der Waals surface area (Å²) in [6.45, 7) is 5.99. The monoisotopic (exact) mass is 330 g/mol. The van der Waals surface area contributed by atoms with Gasteiger partial charge in [0, 0.05) is 24.7 Å². The first kappa shape index (κ1) is 16.7. The van der Waals surface area contributed by atoms with Crippen molar-refractivity contribution in [1.29, 1.82) is 0 Å². The van der Waals surface area contributed by atoms with Gasteiger partial charge < -0.3 is 5.32 Å². The molecule has 1 aliphatic heterocycles. The van der Waals surface area contributed by atoms with Gasteiger partial charge in [-0.05, 0) is 43.0 Å². The van der Waals surface area contributed by atoms with Crippen LogP contribution in [0.5, 0.6) is 0 Å². The first-order valence-corrected chi connectivity index (χ1v) is 9.09. The minimum Gasteiger partial charge on any atom is -0.316 e. The molecule has 0 bridgehead atoms. The van der Waals surface area contributed by atoms with E-state index < -0.39 is 10.0 Å². The number of rotatable bonds is 4. The molecule has 1 aliphatic rings. The highest BCUT2D eigenvalue weighted by atomic mass is 35.5. The van der Waals surface area contributed by atoms with Gasteiger partial charge in [0.1, 0.15) is 0 Å². The smallest absolute Gasteiger partial charge is 0.243 e. The predicted molar refractivity (Wildman–Crippen MR) is 85.9 cm³/mol. The van der Waals surface area contributed by atoms with Gasteiger partial charge in [-0.1, -0.05) is 31.5 Å². The van der Waals surface area contributed by atoms with Crippen LogP contribution in [0, 0.1) is 11.8 Å². The van der Waals surface area contributed by atoms with Crippen LogP contribution in [0.1, 0.15) is 25.8 Å². The molecule has 4 nitrogen and oxygen atoms in total. The first-order chi connectivity index (χ1) is 9.84. The topological polar surface area (TPSA) is 49.4 Å². The molecule has 21 heavy (non-hydrogen) atoms. The van der Waals surface area contributed by atoms with Gasteiger partial charge in [-0.15, -0.1) is 0 Å². The Hall–Kier alpha value is -0.620. The maximum atomic E-state index is 12.8. The summed E-state index contributed by atoms with van der Waals surface area (Å²) >= 11 is 6.19. The van der Waals surface area contributed by atoms with Crippen LogP contribution in [0.15, 0.2) is 23.1 Å². The molecular weight excluding hydrogens is 308 g/mol. The van der Waals surface area contributed by atoms with E-state index in [4.69, 9.17) is 11.6 Å². The van der Waals surface area contributed by atoms with E-state index in [-0.39, 0.29) is 4.90 Å². The van der Waals surface area contributed by atoms with Crippen LogP contribution < -0.4 is 5.32 Å². The standard InChI is InChI=1S/C15H23ClN2O2S/c1-11-6-12(2)10-18(9-11)21(19,20)14-5-4-13(8-17-3)15(16)7-14/h4-5,7,11-12,17H,6,8-10H2,1-3H3. The third-order valence-corrected chi connectivity index (χ3v) is 6.04. The van der Waals surface area contributed by atoms with Crippen LogP contribution in [-0.2, 0) is 16.6 Å². The Labute approximate surface area is 132 Å².